The SMILES string of the molecule is CC1(C)c2ccccc2-c2ccc(N(c3cccc(-c4ccc(-c5cccc(-c6ccc(N7c8ccccc8C8(c9ccccc9-c9c(N(c%10ccc%11c(c%10)C(C)(C)c%10ccccc%10-%11)c%10ccc(-c%11ccccc%11)cc%10-c%10ccccc%10)cccc98)c8ccccc87)cc6)c5)cc4)c3)c3cccc4c3-c3ccccc3C43c4ccccc4N(c4ccccc4)c4ccccc43)cc21. The first kappa shape index (κ1) is 76.8. The maximum absolute atomic E-state index is 2.59. The molecule has 0 saturated carbocycles. The van der Waals surface area contributed by atoms with Crippen molar-refractivity contribution in [3.05, 3.63) is 540 Å². The van der Waals surface area contributed by atoms with Gasteiger partial charge >= 0.3 is 0 Å². The summed E-state index contributed by atoms with van der Waals surface area (Å²) in [5, 5.41) is 0. The van der Waals surface area contributed by atoms with Gasteiger partial charge in [0, 0.05) is 56.0 Å². The van der Waals surface area contributed by atoms with E-state index in [1.165, 1.54) is 134 Å². The summed E-state index contributed by atoms with van der Waals surface area (Å²) in [6.45, 7) is 9.57. The highest BCUT2D eigenvalue weighted by molar-refractivity contribution is 6.06. The molecule has 20 aromatic rings. The van der Waals surface area contributed by atoms with Crippen LogP contribution in [0, 0.1) is 0 Å². The van der Waals surface area contributed by atoms with Crippen molar-refractivity contribution in [2.24, 2.45) is 0 Å². The standard InChI is InChI=1S/C128H90N4/c1-125(2)104-48-18-14-44-97(104)99-75-73-95(81-114(99)125)129(121-62-32-56-112-123(121)101-46-16-20-50-106(101)127(112)108-52-22-26-58-117(108)130(92-41-12-7-13-42-92)118-59-27-23-53-109(118)127)94-43-31-40-90(79-94)85-66-64-84(65-67-85)88-38-30-39-89(78-88)86-68-71-93(72-69-86)131-119-60-28-24-54-110(119)128(111-55-25-29-61-120(111)131)107-51-21-17-47-102(107)124-113(128)57-33-63-122(124)132(96-74-76-100-98-45-15-19-49-105(98)126(3,4)115(100)82-96)116-77-70-91(83-34-8-5-9-35-83)80-103(116)87-36-10-6-11-37-87/h5-82H,1-4H3. The van der Waals surface area contributed by atoms with Crippen LogP contribution in [-0.4, -0.2) is 0 Å². The molecule has 0 saturated heterocycles. The summed E-state index contributed by atoms with van der Waals surface area (Å²) in [5.74, 6) is 0. The Balaban J connectivity index is 0.551. The fourth-order valence-electron chi connectivity index (χ4n) is 24.0. The maximum atomic E-state index is 2.59. The molecule has 0 fully saturated rings. The number of para-hydroxylation sites is 5. The molecular weight excluding hydrogens is 1590 g/mol. The monoisotopic (exact) mass is 1680 g/mol. The first-order valence-electron chi connectivity index (χ1n) is 46.3. The number of nitrogens with zero attached hydrogens (tertiary/aromatic N) is 4. The zero-order valence-corrected chi connectivity index (χ0v) is 73.8. The average molecular weight is 1680 g/mol. The number of anilines is 12. The summed E-state index contributed by atoms with van der Waals surface area (Å²) in [6.07, 6.45) is 0. The fraction of sp³-hybridized carbons (Fsp3) is 0.0625. The predicted molar refractivity (Wildman–Crippen MR) is 549 cm³/mol. The van der Waals surface area contributed by atoms with Gasteiger partial charge < -0.3 is 19.6 Å². The highest BCUT2D eigenvalue weighted by atomic mass is 15.2. The van der Waals surface area contributed by atoms with Crippen LogP contribution in [0.5, 0.6) is 0 Å². The van der Waals surface area contributed by atoms with E-state index in [-0.39, 0.29) is 10.8 Å². The van der Waals surface area contributed by atoms with E-state index in [0.29, 0.717) is 0 Å². The van der Waals surface area contributed by atoms with Crippen molar-refractivity contribution in [3.8, 4) is 100 Å². The van der Waals surface area contributed by atoms with Crippen LogP contribution in [0.4, 0.5) is 68.2 Å². The second kappa shape index (κ2) is 29.6. The lowest BCUT2D eigenvalue weighted by atomic mass is 9.64. The molecule has 132 heavy (non-hydrogen) atoms. The van der Waals surface area contributed by atoms with Crippen LogP contribution < -0.4 is 19.6 Å². The maximum Gasteiger partial charge on any atom is 0.0755 e. The van der Waals surface area contributed by atoms with Gasteiger partial charge in [-0.15, -0.1) is 0 Å². The van der Waals surface area contributed by atoms with Crippen LogP contribution in [0.15, 0.2) is 473 Å². The Bertz CT molecular complexity index is 8000. The molecule has 622 valence electrons. The third-order valence-electron chi connectivity index (χ3n) is 29.8. The fourth-order valence-corrected chi connectivity index (χ4v) is 24.0. The zero-order chi connectivity index (χ0) is 87.7. The van der Waals surface area contributed by atoms with Crippen LogP contribution in [-0.2, 0) is 21.7 Å². The van der Waals surface area contributed by atoms with Gasteiger partial charge in [0.05, 0.1) is 50.6 Å². The van der Waals surface area contributed by atoms with Gasteiger partial charge in [0.15, 0.2) is 0 Å². The minimum atomic E-state index is -0.704. The van der Waals surface area contributed by atoms with E-state index < -0.39 is 10.8 Å². The van der Waals surface area contributed by atoms with Gasteiger partial charge in [-0.3, -0.25) is 0 Å². The van der Waals surface area contributed by atoms with E-state index >= 15 is 0 Å². The molecule has 6 aliphatic rings. The van der Waals surface area contributed by atoms with E-state index in [9.17, 15) is 0 Å². The third-order valence-corrected chi connectivity index (χ3v) is 29.8. The normalized spacial score (nSPS) is 14.3. The van der Waals surface area contributed by atoms with Crippen LogP contribution in [0.25, 0.3) is 100 Å². The van der Waals surface area contributed by atoms with Crippen molar-refractivity contribution in [1.82, 2.24) is 0 Å². The summed E-state index contributed by atoms with van der Waals surface area (Å²) in [4.78, 5) is 10.1. The number of rotatable bonds is 13. The number of benzene rings is 20. The Kier molecular flexibility index (Phi) is 17.2. The molecule has 0 radical (unpaired) electrons. The van der Waals surface area contributed by atoms with Crippen LogP contribution >= 0.6 is 0 Å². The Morgan fingerprint density at radius 3 is 0.955 bits per heavy atom. The summed E-state index contributed by atoms with van der Waals surface area (Å²) < 4.78 is 0. The topological polar surface area (TPSA) is 13.0 Å². The van der Waals surface area contributed by atoms with Crippen molar-refractivity contribution in [1.29, 1.82) is 0 Å². The smallest absolute Gasteiger partial charge is 0.0755 e. The second-order valence-electron chi connectivity index (χ2n) is 37.3. The Hall–Kier alpha value is -16.4. The highest BCUT2D eigenvalue weighted by Crippen LogP contribution is 2.69. The molecule has 4 aliphatic carbocycles. The van der Waals surface area contributed by atoms with E-state index in [4.69, 9.17) is 0 Å². The van der Waals surface area contributed by atoms with Gasteiger partial charge in [-0.1, -0.05) is 386 Å². The van der Waals surface area contributed by atoms with Gasteiger partial charge in [0.1, 0.15) is 0 Å². The van der Waals surface area contributed by atoms with Gasteiger partial charge in [-0.05, 0) is 265 Å². The zero-order valence-electron chi connectivity index (χ0n) is 73.8. The van der Waals surface area contributed by atoms with E-state index in [1.807, 2.05) is 0 Å². The highest BCUT2D eigenvalue weighted by Gasteiger charge is 2.55. The van der Waals surface area contributed by atoms with Gasteiger partial charge in [0.25, 0.3) is 0 Å². The summed E-state index contributed by atoms with van der Waals surface area (Å²) in [6, 6.07) is 178. The third kappa shape index (κ3) is 11.2. The molecule has 2 aliphatic heterocycles. The van der Waals surface area contributed by atoms with E-state index in [0.717, 1.165) is 101 Å². The van der Waals surface area contributed by atoms with Gasteiger partial charge in [0.2, 0.25) is 0 Å². The molecular formula is C128H90N4. The number of hydrogen-bond acceptors (Lipinski definition) is 4. The van der Waals surface area contributed by atoms with Crippen molar-refractivity contribution < 1.29 is 0 Å². The Labute approximate surface area is 771 Å². The van der Waals surface area contributed by atoms with E-state index in [1.54, 1.807) is 0 Å². The average Bonchev–Trinajstić information content (AvgIpc) is 1.49. The second-order valence-corrected chi connectivity index (χ2v) is 37.3. The van der Waals surface area contributed by atoms with Crippen molar-refractivity contribution in [3.63, 3.8) is 0 Å². The molecule has 4 nitrogen and oxygen atoms in total. The lowest BCUT2D eigenvalue weighted by molar-refractivity contribution is 0.660. The molecule has 0 atom stereocenters. The summed E-state index contributed by atoms with van der Waals surface area (Å²) in [5.41, 5.74) is 48.9. The first-order chi connectivity index (χ1) is 65.0. The number of hydrogen-bond donors (Lipinski definition) is 0. The Morgan fingerprint density at radius 2 is 0.477 bits per heavy atom. The van der Waals surface area contributed by atoms with Crippen LogP contribution in [0.2, 0.25) is 0 Å². The van der Waals surface area contributed by atoms with Crippen LogP contribution in [0.1, 0.15) is 94.5 Å². The van der Waals surface area contributed by atoms with Gasteiger partial charge in [-0.25, -0.2) is 0 Å². The molecule has 0 amide bonds. The molecule has 4 heteroatoms. The van der Waals surface area contributed by atoms with Crippen LogP contribution in [0.3, 0.4) is 0 Å². The minimum Gasteiger partial charge on any atom is -0.310 e. The lowest BCUT2D eigenvalue weighted by Gasteiger charge is -2.45. The van der Waals surface area contributed by atoms with Gasteiger partial charge in [-0.2, -0.15) is 0 Å². The van der Waals surface area contributed by atoms with Crippen molar-refractivity contribution in [2.75, 3.05) is 19.6 Å². The summed E-state index contributed by atoms with van der Waals surface area (Å²) in [7, 11) is 0. The summed E-state index contributed by atoms with van der Waals surface area (Å²) >= 11 is 0. The molecule has 2 heterocycles. The molecule has 20 aromatic carbocycles. The molecule has 2 spiro atoms. The molecule has 0 aromatic heterocycles. The number of fused-ring (bicyclic) bond motifs is 24. The predicted octanol–water partition coefficient (Wildman–Crippen LogP) is 33.9. The van der Waals surface area contributed by atoms with Crippen molar-refractivity contribution >= 4 is 68.2 Å². The van der Waals surface area contributed by atoms with E-state index in [2.05, 4.69) is 520 Å². The lowest BCUT2D eigenvalue weighted by Crippen LogP contribution is -2.36. The quantitative estimate of drug-likeness (QED) is 0.114. The van der Waals surface area contributed by atoms with Crippen molar-refractivity contribution in [2.45, 2.75) is 49.4 Å². The molecule has 0 unspecified atom stereocenters. The largest absolute Gasteiger partial charge is 0.310 e. The molecule has 26 rings (SSSR count). The molecule has 0 N–H and O–H groups in total. The molecule has 0 bridgehead atoms. The Morgan fingerprint density at radius 1 is 0.167 bits per heavy atom. The minimum absolute atomic E-state index is 0.222. The first-order valence-corrected chi connectivity index (χ1v) is 46.3.